The number of anilines is 1. The van der Waals surface area contributed by atoms with Crippen LogP contribution in [0.1, 0.15) is 41.5 Å². The SMILES string of the molecule is CCCCN(C)c1nc(C)cc(C(=O)N(C)Cc2ccccc2)n1. The van der Waals surface area contributed by atoms with Gasteiger partial charge >= 0.3 is 0 Å². The maximum absolute atomic E-state index is 12.7. The van der Waals surface area contributed by atoms with Gasteiger partial charge in [0.15, 0.2) is 0 Å². The maximum Gasteiger partial charge on any atom is 0.272 e. The molecule has 1 aromatic carbocycles. The Morgan fingerprint density at radius 2 is 1.83 bits per heavy atom. The zero-order valence-electron chi connectivity index (χ0n) is 15.0. The number of hydrogen-bond acceptors (Lipinski definition) is 4. The first kappa shape index (κ1) is 17.9. The van der Waals surface area contributed by atoms with Crippen molar-refractivity contribution in [2.45, 2.75) is 33.2 Å². The Bertz CT molecular complexity index is 672. The van der Waals surface area contributed by atoms with Crippen molar-refractivity contribution in [3.8, 4) is 0 Å². The van der Waals surface area contributed by atoms with Gasteiger partial charge in [0, 0.05) is 32.9 Å². The summed E-state index contributed by atoms with van der Waals surface area (Å²) in [7, 11) is 3.76. The minimum Gasteiger partial charge on any atom is -0.344 e. The molecule has 0 fully saturated rings. The highest BCUT2D eigenvalue weighted by atomic mass is 16.2. The van der Waals surface area contributed by atoms with E-state index in [9.17, 15) is 4.79 Å². The molecule has 0 radical (unpaired) electrons. The fourth-order valence-electron chi connectivity index (χ4n) is 2.45. The summed E-state index contributed by atoms with van der Waals surface area (Å²) in [5, 5.41) is 0. The van der Waals surface area contributed by atoms with Crippen molar-refractivity contribution >= 4 is 11.9 Å². The Morgan fingerprint density at radius 3 is 2.50 bits per heavy atom. The summed E-state index contributed by atoms with van der Waals surface area (Å²) < 4.78 is 0. The molecule has 0 unspecified atom stereocenters. The third-order valence-corrected chi connectivity index (χ3v) is 3.86. The number of nitrogens with zero attached hydrogens (tertiary/aromatic N) is 4. The van der Waals surface area contributed by atoms with Gasteiger partial charge in [-0.15, -0.1) is 0 Å². The Kier molecular flexibility index (Phi) is 6.29. The standard InChI is InChI=1S/C19H26N4O/c1-5-6-12-22(3)19-20-15(2)13-17(21-19)18(24)23(4)14-16-10-8-7-9-11-16/h7-11,13H,5-6,12,14H2,1-4H3. The van der Waals surface area contributed by atoms with Crippen LogP contribution < -0.4 is 4.90 Å². The third-order valence-electron chi connectivity index (χ3n) is 3.86. The van der Waals surface area contributed by atoms with Crippen LogP contribution in [0.15, 0.2) is 36.4 Å². The van der Waals surface area contributed by atoms with Crippen LogP contribution in [-0.2, 0) is 6.54 Å². The lowest BCUT2D eigenvalue weighted by Crippen LogP contribution is -2.28. The minimum absolute atomic E-state index is 0.0884. The van der Waals surface area contributed by atoms with Crippen molar-refractivity contribution < 1.29 is 4.79 Å². The van der Waals surface area contributed by atoms with E-state index < -0.39 is 0 Å². The Labute approximate surface area is 144 Å². The van der Waals surface area contributed by atoms with E-state index in [1.807, 2.05) is 49.2 Å². The molecule has 0 saturated carbocycles. The fourth-order valence-corrected chi connectivity index (χ4v) is 2.45. The van der Waals surface area contributed by atoms with Gasteiger partial charge in [-0.1, -0.05) is 43.7 Å². The van der Waals surface area contributed by atoms with Gasteiger partial charge in [-0.2, -0.15) is 0 Å². The molecule has 128 valence electrons. The molecule has 0 N–H and O–H groups in total. The molecule has 0 atom stereocenters. The number of aromatic nitrogens is 2. The van der Waals surface area contributed by atoms with Gasteiger partial charge in [0.25, 0.3) is 5.91 Å². The molecular weight excluding hydrogens is 300 g/mol. The van der Waals surface area contributed by atoms with E-state index in [0.717, 1.165) is 30.6 Å². The summed E-state index contributed by atoms with van der Waals surface area (Å²) in [6.45, 7) is 5.49. The van der Waals surface area contributed by atoms with E-state index in [0.29, 0.717) is 18.2 Å². The zero-order chi connectivity index (χ0) is 17.5. The quantitative estimate of drug-likeness (QED) is 0.783. The zero-order valence-corrected chi connectivity index (χ0v) is 15.0. The number of amides is 1. The monoisotopic (exact) mass is 326 g/mol. The van der Waals surface area contributed by atoms with E-state index in [1.54, 1.807) is 18.0 Å². The number of unbranched alkanes of at least 4 members (excludes halogenated alkanes) is 1. The van der Waals surface area contributed by atoms with Crippen molar-refractivity contribution in [2.24, 2.45) is 0 Å². The number of aryl methyl sites for hydroxylation is 1. The largest absolute Gasteiger partial charge is 0.344 e. The Hall–Kier alpha value is -2.43. The fraction of sp³-hybridized carbons (Fsp3) is 0.421. The topological polar surface area (TPSA) is 49.3 Å². The van der Waals surface area contributed by atoms with Crippen molar-refractivity contribution in [3.63, 3.8) is 0 Å². The van der Waals surface area contributed by atoms with Crippen LogP contribution in [-0.4, -0.2) is 41.4 Å². The predicted molar refractivity (Wildman–Crippen MR) is 97.2 cm³/mol. The average Bonchev–Trinajstić information content (AvgIpc) is 2.59. The van der Waals surface area contributed by atoms with E-state index >= 15 is 0 Å². The molecule has 0 aliphatic carbocycles. The number of hydrogen-bond donors (Lipinski definition) is 0. The normalized spacial score (nSPS) is 10.5. The lowest BCUT2D eigenvalue weighted by atomic mass is 10.2. The molecule has 2 rings (SSSR count). The first-order chi connectivity index (χ1) is 11.5. The van der Waals surface area contributed by atoms with Crippen molar-refractivity contribution in [1.82, 2.24) is 14.9 Å². The van der Waals surface area contributed by atoms with Crippen LogP contribution in [0.5, 0.6) is 0 Å². The van der Waals surface area contributed by atoms with E-state index in [2.05, 4.69) is 16.9 Å². The highest BCUT2D eigenvalue weighted by Gasteiger charge is 2.16. The van der Waals surface area contributed by atoms with Crippen LogP contribution in [0.3, 0.4) is 0 Å². The molecule has 0 bridgehead atoms. The van der Waals surface area contributed by atoms with Crippen molar-refractivity contribution in [3.05, 3.63) is 53.3 Å². The second-order valence-electron chi connectivity index (χ2n) is 6.12. The number of carbonyl (C=O) groups excluding carboxylic acids is 1. The first-order valence-electron chi connectivity index (χ1n) is 8.37. The molecule has 5 heteroatoms. The Morgan fingerprint density at radius 1 is 1.12 bits per heavy atom. The molecule has 1 heterocycles. The number of rotatable bonds is 7. The summed E-state index contributed by atoms with van der Waals surface area (Å²) in [5.41, 5.74) is 2.35. The molecule has 2 aromatic rings. The molecule has 1 aromatic heterocycles. The molecule has 24 heavy (non-hydrogen) atoms. The minimum atomic E-state index is -0.0884. The van der Waals surface area contributed by atoms with Crippen molar-refractivity contribution in [2.75, 3.05) is 25.5 Å². The summed E-state index contributed by atoms with van der Waals surface area (Å²) in [4.78, 5) is 25.3. The molecule has 0 aliphatic heterocycles. The first-order valence-corrected chi connectivity index (χ1v) is 8.37. The van der Waals surface area contributed by atoms with Gasteiger partial charge in [0.1, 0.15) is 5.69 Å². The molecular formula is C19H26N4O. The summed E-state index contributed by atoms with van der Waals surface area (Å²) in [6, 6.07) is 11.7. The van der Waals surface area contributed by atoms with Crippen LogP contribution in [0, 0.1) is 6.92 Å². The lowest BCUT2D eigenvalue weighted by Gasteiger charge is -2.20. The second-order valence-corrected chi connectivity index (χ2v) is 6.12. The lowest BCUT2D eigenvalue weighted by molar-refractivity contribution is 0.0779. The van der Waals surface area contributed by atoms with Gasteiger partial charge in [-0.25, -0.2) is 9.97 Å². The third kappa shape index (κ3) is 4.78. The molecule has 5 nitrogen and oxygen atoms in total. The number of carbonyl (C=O) groups is 1. The van der Waals surface area contributed by atoms with Gasteiger partial charge < -0.3 is 9.80 Å². The molecule has 0 aliphatic rings. The summed E-state index contributed by atoms with van der Waals surface area (Å²) in [6.07, 6.45) is 2.19. The number of benzene rings is 1. The van der Waals surface area contributed by atoms with Gasteiger partial charge in [-0.05, 0) is 25.0 Å². The summed E-state index contributed by atoms with van der Waals surface area (Å²) in [5.74, 6) is 0.523. The highest BCUT2D eigenvalue weighted by Crippen LogP contribution is 2.13. The average molecular weight is 326 g/mol. The molecule has 1 amide bonds. The van der Waals surface area contributed by atoms with Crippen molar-refractivity contribution in [1.29, 1.82) is 0 Å². The van der Waals surface area contributed by atoms with E-state index in [-0.39, 0.29) is 5.91 Å². The highest BCUT2D eigenvalue weighted by molar-refractivity contribution is 5.92. The van der Waals surface area contributed by atoms with Crippen LogP contribution in [0.25, 0.3) is 0 Å². The molecule has 0 spiro atoms. The van der Waals surface area contributed by atoms with Crippen LogP contribution in [0.4, 0.5) is 5.95 Å². The summed E-state index contributed by atoms with van der Waals surface area (Å²) >= 11 is 0. The predicted octanol–water partition coefficient (Wildman–Crippen LogP) is 3.29. The van der Waals surface area contributed by atoms with Crippen LogP contribution >= 0.6 is 0 Å². The van der Waals surface area contributed by atoms with Crippen LogP contribution in [0.2, 0.25) is 0 Å². The van der Waals surface area contributed by atoms with E-state index in [1.165, 1.54) is 0 Å². The Balaban J connectivity index is 2.15. The van der Waals surface area contributed by atoms with Gasteiger partial charge in [0.2, 0.25) is 5.95 Å². The van der Waals surface area contributed by atoms with Gasteiger partial charge in [-0.3, -0.25) is 4.79 Å². The smallest absolute Gasteiger partial charge is 0.272 e. The maximum atomic E-state index is 12.7. The van der Waals surface area contributed by atoms with Gasteiger partial charge in [0.05, 0.1) is 0 Å². The molecule has 0 saturated heterocycles. The second kappa shape index (κ2) is 8.43. The van der Waals surface area contributed by atoms with E-state index in [4.69, 9.17) is 0 Å².